The number of amides is 1. The van der Waals surface area contributed by atoms with Gasteiger partial charge in [0.2, 0.25) is 0 Å². The van der Waals surface area contributed by atoms with Crippen molar-refractivity contribution in [3.8, 4) is 5.75 Å². The summed E-state index contributed by atoms with van der Waals surface area (Å²) in [5.41, 5.74) is 3.31. The first-order valence-corrected chi connectivity index (χ1v) is 7.25. The Bertz CT molecular complexity index is 593. The number of thiophene rings is 1. The highest BCUT2D eigenvalue weighted by molar-refractivity contribution is 7.14. The number of hydrogen-bond acceptors (Lipinski definition) is 4. The number of hydrazine groups is 1. The molecule has 2 rings (SSSR count). The zero-order valence-electron chi connectivity index (χ0n) is 11.6. The van der Waals surface area contributed by atoms with Crippen LogP contribution in [0.15, 0.2) is 36.4 Å². The molecular formula is C15H18N2O2S. The largest absolute Gasteiger partial charge is 0.488 e. The van der Waals surface area contributed by atoms with E-state index in [1.165, 1.54) is 16.9 Å². The van der Waals surface area contributed by atoms with Crippen molar-refractivity contribution in [1.82, 2.24) is 5.43 Å². The van der Waals surface area contributed by atoms with Crippen molar-refractivity contribution in [2.75, 3.05) is 0 Å². The molecule has 5 heteroatoms. The predicted octanol–water partition coefficient (Wildman–Crippen LogP) is 3.05. The summed E-state index contributed by atoms with van der Waals surface area (Å²) >= 11 is 1.38. The van der Waals surface area contributed by atoms with Gasteiger partial charge >= 0.3 is 0 Å². The Morgan fingerprint density at radius 2 is 2.05 bits per heavy atom. The van der Waals surface area contributed by atoms with Crippen molar-refractivity contribution in [2.24, 2.45) is 5.84 Å². The normalized spacial score (nSPS) is 10.6. The lowest BCUT2D eigenvalue weighted by Crippen LogP contribution is -2.29. The van der Waals surface area contributed by atoms with Crippen LogP contribution in [0.1, 0.15) is 39.9 Å². The van der Waals surface area contributed by atoms with Gasteiger partial charge in [-0.1, -0.05) is 32.0 Å². The Morgan fingerprint density at radius 3 is 2.75 bits per heavy atom. The second-order valence-corrected chi connectivity index (χ2v) is 5.89. The molecule has 4 nitrogen and oxygen atoms in total. The number of nitrogens with one attached hydrogen (secondary N) is 1. The average molecular weight is 290 g/mol. The lowest BCUT2D eigenvalue weighted by molar-refractivity contribution is 0.0957. The molecule has 3 N–H and O–H groups in total. The molecule has 0 unspecified atom stereocenters. The van der Waals surface area contributed by atoms with Gasteiger partial charge in [0.25, 0.3) is 5.91 Å². The third kappa shape index (κ3) is 3.37. The zero-order valence-corrected chi connectivity index (χ0v) is 12.4. The van der Waals surface area contributed by atoms with E-state index in [0.717, 1.165) is 10.6 Å². The monoisotopic (exact) mass is 290 g/mol. The van der Waals surface area contributed by atoms with Crippen LogP contribution in [0.5, 0.6) is 5.75 Å². The topological polar surface area (TPSA) is 64.3 Å². The molecule has 0 radical (unpaired) electrons. The summed E-state index contributed by atoms with van der Waals surface area (Å²) in [6.45, 7) is 4.72. The lowest BCUT2D eigenvalue weighted by atomic mass is 10.0. The average Bonchev–Trinajstić information content (AvgIpc) is 2.93. The van der Waals surface area contributed by atoms with Crippen LogP contribution in [-0.2, 0) is 6.61 Å². The summed E-state index contributed by atoms with van der Waals surface area (Å²) in [6.07, 6.45) is 0. The number of ether oxygens (including phenoxy) is 1. The third-order valence-corrected chi connectivity index (χ3v) is 3.99. The number of nitrogens with two attached hydrogens (primary N) is 1. The molecule has 0 bridgehead atoms. The van der Waals surface area contributed by atoms with Gasteiger partial charge in [0.05, 0.1) is 4.88 Å². The van der Waals surface area contributed by atoms with Crippen molar-refractivity contribution in [3.63, 3.8) is 0 Å². The fourth-order valence-corrected chi connectivity index (χ4v) is 2.71. The maximum Gasteiger partial charge on any atom is 0.275 e. The molecule has 1 heterocycles. The fraction of sp³-hybridized carbons (Fsp3) is 0.267. The highest BCUT2D eigenvalue weighted by atomic mass is 32.1. The third-order valence-electron chi connectivity index (χ3n) is 2.93. The summed E-state index contributed by atoms with van der Waals surface area (Å²) in [7, 11) is 0. The van der Waals surface area contributed by atoms with E-state index in [9.17, 15) is 4.79 Å². The van der Waals surface area contributed by atoms with Crippen LogP contribution in [-0.4, -0.2) is 5.91 Å². The Hall–Kier alpha value is -1.85. The van der Waals surface area contributed by atoms with E-state index >= 15 is 0 Å². The predicted molar refractivity (Wildman–Crippen MR) is 80.8 cm³/mol. The van der Waals surface area contributed by atoms with Gasteiger partial charge in [0, 0.05) is 4.88 Å². The quantitative estimate of drug-likeness (QED) is 0.505. The van der Waals surface area contributed by atoms with E-state index in [4.69, 9.17) is 10.6 Å². The van der Waals surface area contributed by atoms with Crippen molar-refractivity contribution in [3.05, 3.63) is 51.7 Å². The zero-order chi connectivity index (χ0) is 14.5. The first-order valence-electron chi connectivity index (χ1n) is 6.43. The summed E-state index contributed by atoms with van der Waals surface area (Å²) in [6, 6.07) is 11.6. The number of para-hydroxylation sites is 1. The Morgan fingerprint density at radius 1 is 1.30 bits per heavy atom. The molecular weight excluding hydrogens is 272 g/mol. The van der Waals surface area contributed by atoms with Crippen LogP contribution in [0.25, 0.3) is 0 Å². The van der Waals surface area contributed by atoms with Crippen molar-refractivity contribution in [1.29, 1.82) is 0 Å². The second-order valence-electron chi connectivity index (χ2n) is 4.72. The minimum atomic E-state index is -0.274. The van der Waals surface area contributed by atoms with Gasteiger partial charge in [0.1, 0.15) is 12.4 Å². The summed E-state index contributed by atoms with van der Waals surface area (Å²) < 4.78 is 5.86. The lowest BCUT2D eigenvalue weighted by Gasteiger charge is -2.13. The summed E-state index contributed by atoms with van der Waals surface area (Å²) in [5, 5.41) is 0. The maximum atomic E-state index is 11.4. The first-order chi connectivity index (χ1) is 9.61. The fourth-order valence-electron chi connectivity index (χ4n) is 1.89. The van der Waals surface area contributed by atoms with Gasteiger partial charge in [-0.2, -0.15) is 0 Å². The molecule has 1 aromatic carbocycles. The highest BCUT2D eigenvalue weighted by Gasteiger charge is 2.10. The number of rotatable bonds is 5. The Balaban J connectivity index is 2.06. The number of carbonyl (C=O) groups is 1. The molecule has 0 aliphatic carbocycles. The van der Waals surface area contributed by atoms with Gasteiger partial charge in [-0.15, -0.1) is 11.3 Å². The number of benzene rings is 1. The van der Waals surface area contributed by atoms with Gasteiger partial charge in [-0.3, -0.25) is 10.2 Å². The van der Waals surface area contributed by atoms with Crippen LogP contribution in [0.4, 0.5) is 0 Å². The minimum absolute atomic E-state index is 0.274. The van der Waals surface area contributed by atoms with Crippen molar-refractivity contribution in [2.45, 2.75) is 26.4 Å². The molecule has 0 fully saturated rings. The molecule has 0 saturated carbocycles. The van der Waals surface area contributed by atoms with Crippen LogP contribution in [0.2, 0.25) is 0 Å². The van der Waals surface area contributed by atoms with E-state index in [1.54, 1.807) is 6.07 Å². The Labute approximate surface area is 122 Å². The van der Waals surface area contributed by atoms with E-state index in [0.29, 0.717) is 17.4 Å². The van der Waals surface area contributed by atoms with E-state index in [1.807, 2.05) is 24.3 Å². The number of nitrogen functional groups attached to an aromatic ring is 1. The molecule has 1 amide bonds. The Kier molecular flexibility index (Phi) is 4.76. The van der Waals surface area contributed by atoms with Crippen LogP contribution in [0.3, 0.4) is 0 Å². The first kappa shape index (κ1) is 14.6. The smallest absolute Gasteiger partial charge is 0.275 e. The molecule has 0 saturated heterocycles. The summed E-state index contributed by atoms with van der Waals surface area (Å²) in [4.78, 5) is 13.0. The van der Waals surface area contributed by atoms with Crippen LogP contribution >= 0.6 is 11.3 Å². The van der Waals surface area contributed by atoms with Crippen molar-refractivity contribution < 1.29 is 9.53 Å². The van der Waals surface area contributed by atoms with Gasteiger partial charge in [0.15, 0.2) is 0 Å². The molecule has 20 heavy (non-hydrogen) atoms. The van der Waals surface area contributed by atoms with Gasteiger partial charge < -0.3 is 4.74 Å². The van der Waals surface area contributed by atoms with Crippen molar-refractivity contribution >= 4 is 17.2 Å². The van der Waals surface area contributed by atoms with E-state index < -0.39 is 0 Å². The molecule has 0 atom stereocenters. The molecule has 106 valence electrons. The molecule has 1 aromatic heterocycles. The molecule has 0 spiro atoms. The summed E-state index contributed by atoms with van der Waals surface area (Å²) in [5.74, 6) is 6.13. The SMILES string of the molecule is CC(C)c1ccccc1OCc1ccc(C(=O)NN)s1. The maximum absolute atomic E-state index is 11.4. The van der Waals surface area contributed by atoms with Crippen LogP contribution in [0, 0.1) is 0 Å². The van der Waals surface area contributed by atoms with Gasteiger partial charge in [-0.05, 0) is 29.7 Å². The highest BCUT2D eigenvalue weighted by Crippen LogP contribution is 2.27. The van der Waals surface area contributed by atoms with Crippen LogP contribution < -0.4 is 16.0 Å². The van der Waals surface area contributed by atoms with E-state index in [-0.39, 0.29) is 5.91 Å². The molecule has 0 aliphatic heterocycles. The number of hydrogen-bond donors (Lipinski definition) is 2. The minimum Gasteiger partial charge on any atom is -0.488 e. The van der Waals surface area contributed by atoms with Gasteiger partial charge in [-0.25, -0.2) is 5.84 Å². The standard InChI is InChI=1S/C15H18N2O2S/c1-10(2)12-5-3-4-6-13(12)19-9-11-7-8-14(20-11)15(18)17-16/h3-8,10H,9,16H2,1-2H3,(H,17,18). The van der Waals surface area contributed by atoms with E-state index in [2.05, 4.69) is 25.3 Å². The molecule has 0 aliphatic rings. The second kappa shape index (κ2) is 6.54. The molecule has 2 aromatic rings. The number of carbonyl (C=O) groups excluding carboxylic acids is 1.